The van der Waals surface area contributed by atoms with Gasteiger partial charge in [0.1, 0.15) is 0 Å². The lowest BCUT2D eigenvalue weighted by Gasteiger charge is -2.21. The number of carbonyl (C=O) groups is 1. The maximum absolute atomic E-state index is 13.0. The Morgan fingerprint density at radius 2 is 1.52 bits per heavy atom. The summed E-state index contributed by atoms with van der Waals surface area (Å²) in [6.45, 7) is 7.13. The molecular weight excluding hydrogens is 336 g/mol. The zero-order chi connectivity index (χ0) is 18.8. The molecule has 0 spiro atoms. The van der Waals surface area contributed by atoms with Crippen molar-refractivity contribution in [1.82, 2.24) is 4.31 Å². The molecule has 0 heterocycles. The summed E-state index contributed by atoms with van der Waals surface area (Å²) in [6, 6.07) is 10.9. The van der Waals surface area contributed by atoms with Gasteiger partial charge in [-0.2, -0.15) is 4.31 Å². The van der Waals surface area contributed by atoms with E-state index in [4.69, 9.17) is 0 Å². The van der Waals surface area contributed by atoms with Crippen molar-refractivity contribution in [3.63, 3.8) is 0 Å². The Balaban J connectivity index is 2.27. The first kappa shape index (κ1) is 19.1. The summed E-state index contributed by atoms with van der Waals surface area (Å²) >= 11 is 0. The number of carbonyl (C=O) groups excluding carboxylic acids is 1. The van der Waals surface area contributed by atoms with E-state index < -0.39 is 10.0 Å². The van der Waals surface area contributed by atoms with E-state index in [1.54, 1.807) is 38.1 Å². The summed E-state index contributed by atoms with van der Waals surface area (Å²) in [5, 5.41) is 2.70. The number of nitrogens with zero attached hydrogens (tertiary/aromatic N) is 1. The number of nitrogens with one attached hydrogen (secondary N) is 1. The molecule has 134 valence electrons. The first-order chi connectivity index (χ1) is 11.6. The zero-order valence-corrected chi connectivity index (χ0v) is 16.1. The van der Waals surface area contributed by atoms with Gasteiger partial charge in [0.05, 0.1) is 11.4 Å². The molecule has 2 aromatic carbocycles. The molecule has 2 rings (SSSR count). The standard InChI is InChI=1S/C19H24N2O3S/c1-13-11-14(2)16(4)19(15(13)3)25(23,24)21(5)12-18(22)20-17-9-7-6-8-10-17/h6-11H,12H2,1-5H3,(H,20,22). The van der Waals surface area contributed by atoms with Crippen LogP contribution in [-0.2, 0) is 14.8 Å². The first-order valence-corrected chi connectivity index (χ1v) is 9.47. The summed E-state index contributed by atoms with van der Waals surface area (Å²) in [6.07, 6.45) is 0. The lowest BCUT2D eigenvalue weighted by molar-refractivity contribution is -0.116. The van der Waals surface area contributed by atoms with Crippen LogP contribution in [0.1, 0.15) is 22.3 Å². The van der Waals surface area contributed by atoms with E-state index in [0.717, 1.165) is 26.6 Å². The van der Waals surface area contributed by atoms with E-state index in [0.29, 0.717) is 10.6 Å². The predicted octanol–water partition coefficient (Wildman–Crippen LogP) is 3.18. The van der Waals surface area contributed by atoms with Crippen LogP contribution < -0.4 is 5.32 Å². The Morgan fingerprint density at radius 1 is 1.00 bits per heavy atom. The van der Waals surface area contributed by atoms with E-state index in [-0.39, 0.29) is 12.5 Å². The monoisotopic (exact) mass is 360 g/mol. The molecule has 0 saturated carbocycles. The summed E-state index contributed by atoms with van der Waals surface area (Å²) in [5.41, 5.74) is 3.92. The van der Waals surface area contributed by atoms with Crippen LogP contribution in [0.5, 0.6) is 0 Å². The molecule has 25 heavy (non-hydrogen) atoms. The predicted molar refractivity (Wildman–Crippen MR) is 100 cm³/mol. The number of hydrogen-bond acceptors (Lipinski definition) is 3. The number of hydrogen-bond donors (Lipinski definition) is 1. The Hall–Kier alpha value is -2.18. The molecule has 0 radical (unpaired) electrons. The molecule has 0 saturated heterocycles. The van der Waals surface area contributed by atoms with E-state index in [1.807, 2.05) is 26.0 Å². The zero-order valence-electron chi connectivity index (χ0n) is 15.3. The highest BCUT2D eigenvalue weighted by Crippen LogP contribution is 2.28. The van der Waals surface area contributed by atoms with Gasteiger partial charge in [-0.1, -0.05) is 24.3 Å². The van der Waals surface area contributed by atoms with E-state index in [1.165, 1.54) is 7.05 Å². The molecule has 0 unspecified atom stereocenters. The van der Waals surface area contributed by atoms with Gasteiger partial charge in [0.2, 0.25) is 15.9 Å². The maximum atomic E-state index is 13.0. The molecule has 0 bridgehead atoms. The number of amides is 1. The number of rotatable bonds is 5. The fourth-order valence-electron chi connectivity index (χ4n) is 2.73. The van der Waals surface area contributed by atoms with Crippen molar-refractivity contribution in [3.05, 3.63) is 58.7 Å². The van der Waals surface area contributed by atoms with Crippen molar-refractivity contribution in [2.24, 2.45) is 0 Å². The van der Waals surface area contributed by atoms with Crippen LogP contribution in [0.25, 0.3) is 0 Å². The van der Waals surface area contributed by atoms with Crippen molar-refractivity contribution in [2.45, 2.75) is 32.6 Å². The highest BCUT2D eigenvalue weighted by molar-refractivity contribution is 7.89. The number of benzene rings is 2. The fraction of sp³-hybridized carbons (Fsp3) is 0.316. The van der Waals surface area contributed by atoms with Crippen molar-refractivity contribution >= 4 is 21.6 Å². The number of sulfonamides is 1. The van der Waals surface area contributed by atoms with Crippen LogP contribution >= 0.6 is 0 Å². The Labute approximate surface area is 149 Å². The van der Waals surface area contributed by atoms with Crippen LogP contribution in [-0.4, -0.2) is 32.2 Å². The second-order valence-electron chi connectivity index (χ2n) is 6.26. The first-order valence-electron chi connectivity index (χ1n) is 8.03. The molecule has 6 heteroatoms. The SMILES string of the molecule is Cc1cc(C)c(C)c(S(=O)(=O)N(C)CC(=O)Nc2ccccc2)c1C. The normalized spacial score (nSPS) is 11.6. The molecule has 0 aromatic heterocycles. The van der Waals surface area contributed by atoms with Crippen LogP contribution in [0, 0.1) is 27.7 Å². The second kappa shape index (κ2) is 7.37. The molecule has 2 aromatic rings. The fourth-order valence-corrected chi connectivity index (χ4v) is 4.43. The summed E-state index contributed by atoms with van der Waals surface area (Å²) in [7, 11) is -2.33. The largest absolute Gasteiger partial charge is 0.325 e. The number of aryl methyl sites for hydroxylation is 2. The van der Waals surface area contributed by atoms with Gasteiger partial charge in [-0.15, -0.1) is 0 Å². The van der Waals surface area contributed by atoms with E-state index in [2.05, 4.69) is 5.32 Å². The van der Waals surface area contributed by atoms with Crippen molar-refractivity contribution < 1.29 is 13.2 Å². The van der Waals surface area contributed by atoms with Gasteiger partial charge in [0.25, 0.3) is 0 Å². The molecular formula is C19H24N2O3S. The maximum Gasteiger partial charge on any atom is 0.243 e. The minimum atomic E-state index is -3.76. The average Bonchev–Trinajstić information content (AvgIpc) is 2.53. The third kappa shape index (κ3) is 4.08. The minimum Gasteiger partial charge on any atom is -0.325 e. The highest BCUT2D eigenvalue weighted by Gasteiger charge is 2.27. The van der Waals surface area contributed by atoms with E-state index >= 15 is 0 Å². The van der Waals surface area contributed by atoms with Crippen molar-refractivity contribution in [3.8, 4) is 0 Å². The number of anilines is 1. The van der Waals surface area contributed by atoms with Crippen molar-refractivity contribution in [1.29, 1.82) is 0 Å². The Morgan fingerprint density at radius 3 is 2.04 bits per heavy atom. The van der Waals surface area contributed by atoms with Gasteiger partial charge >= 0.3 is 0 Å². The molecule has 5 nitrogen and oxygen atoms in total. The van der Waals surface area contributed by atoms with Gasteiger partial charge < -0.3 is 5.32 Å². The van der Waals surface area contributed by atoms with Gasteiger partial charge in [0, 0.05) is 12.7 Å². The molecule has 1 amide bonds. The lowest BCUT2D eigenvalue weighted by atomic mass is 10.0. The van der Waals surface area contributed by atoms with Crippen LogP contribution in [0.3, 0.4) is 0 Å². The minimum absolute atomic E-state index is 0.247. The number of likely N-dealkylation sites (N-methyl/N-ethyl adjacent to an activating group) is 1. The molecule has 0 atom stereocenters. The summed E-state index contributed by atoms with van der Waals surface area (Å²) < 4.78 is 27.1. The second-order valence-corrected chi connectivity index (χ2v) is 8.25. The molecule has 1 N–H and O–H groups in total. The van der Waals surface area contributed by atoms with Crippen LogP contribution in [0.15, 0.2) is 41.3 Å². The third-order valence-corrected chi connectivity index (χ3v) is 6.47. The molecule has 0 aliphatic carbocycles. The summed E-state index contributed by atoms with van der Waals surface area (Å²) in [4.78, 5) is 12.5. The Kier molecular flexibility index (Phi) is 5.65. The molecule has 0 aliphatic heterocycles. The van der Waals surface area contributed by atoms with Crippen LogP contribution in [0.2, 0.25) is 0 Å². The highest BCUT2D eigenvalue weighted by atomic mass is 32.2. The van der Waals surface area contributed by atoms with Gasteiger partial charge in [-0.3, -0.25) is 4.79 Å². The quantitative estimate of drug-likeness (QED) is 0.890. The topological polar surface area (TPSA) is 66.5 Å². The van der Waals surface area contributed by atoms with Gasteiger partial charge in [-0.25, -0.2) is 8.42 Å². The third-order valence-electron chi connectivity index (χ3n) is 4.39. The smallest absolute Gasteiger partial charge is 0.243 e. The number of para-hydroxylation sites is 1. The molecule has 0 fully saturated rings. The van der Waals surface area contributed by atoms with Gasteiger partial charge in [0.15, 0.2) is 0 Å². The lowest BCUT2D eigenvalue weighted by Crippen LogP contribution is -2.35. The molecule has 0 aliphatic rings. The van der Waals surface area contributed by atoms with E-state index in [9.17, 15) is 13.2 Å². The van der Waals surface area contributed by atoms with Crippen molar-refractivity contribution in [2.75, 3.05) is 18.9 Å². The Bertz CT molecular complexity index is 864. The van der Waals surface area contributed by atoms with Gasteiger partial charge in [-0.05, 0) is 62.1 Å². The van der Waals surface area contributed by atoms with Crippen LogP contribution in [0.4, 0.5) is 5.69 Å². The average molecular weight is 360 g/mol. The summed E-state index contributed by atoms with van der Waals surface area (Å²) in [5.74, 6) is -0.378.